The lowest BCUT2D eigenvalue weighted by Gasteiger charge is -2.20. The third-order valence-corrected chi connectivity index (χ3v) is 4.46. The fourth-order valence-corrected chi connectivity index (χ4v) is 3.40. The minimum Gasteiger partial charge on any atom is -0.312 e. The number of anilines is 1. The number of nitrogens with zero attached hydrogens (tertiary/aromatic N) is 4. The number of likely N-dealkylation sites (N-methyl/N-ethyl adjacent to an activating group) is 1. The van der Waals surface area contributed by atoms with E-state index in [0.717, 1.165) is 25.2 Å². The Labute approximate surface area is 125 Å². The van der Waals surface area contributed by atoms with Gasteiger partial charge < -0.3 is 14.8 Å². The van der Waals surface area contributed by atoms with E-state index in [-0.39, 0.29) is 12.5 Å². The van der Waals surface area contributed by atoms with Gasteiger partial charge in [-0.3, -0.25) is 4.79 Å². The predicted molar refractivity (Wildman–Crippen MR) is 78.0 cm³/mol. The minimum atomic E-state index is -0.149. The monoisotopic (exact) mass is 311 g/mol. The summed E-state index contributed by atoms with van der Waals surface area (Å²) in [6.45, 7) is 2.05. The number of imidazole rings is 1. The Kier molecular flexibility index (Phi) is 3.73. The quantitative estimate of drug-likeness (QED) is 0.935. The lowest BCUT2D eigenvalue weighted by Crippen LogP contribution is -2.25. The third-order valence-electron chi connectivity index (χ3n) is 3.15. The van der Waals surface area contributed by atoms with Gasteiger partial charge in [0.2, 0.25) is 11.2 Å². The van der Waals surface area contributed by atoms with Crippen LogP contribution in [0.3, 0.4) is 0 Å². The zero-order chi connectivity index (χ0) is 14.1. The highest BCUT2D eigenvalue weighted by Crippen LogP contribution is 2.27. The van der Waals surface area contributed by atoms with Gasteiger partial charge in [0.1, 0.15) is 6.54 Å². The van der Waals surface area contributed by atoms with Crippen molar-refractivity contribution < 1.29 is 4.79 Å². The molecule has 2 aromatic heterocycles. The summed E-state index contributed by atoms with van der Waals surface area (Å²) in [6, 6.07) is 0. The second kappa shape index (κ2) is 5.51. The first-order valence-electron chi connectivity index (χ1n) is 6.25. The highest BCUT2D eigenvalue weighted by atomic mass is 35.5. The van der Waals surface area contributed by atoms with Gasteiger partial charge in [-0.25, -0.2) is 9.97 Å². The molecule has 1 aliphatic heterocycles. The highest BCUT2D eigenvalue weighted by molar-refractivity contribution is 7.15. The smallest absolute Gasteiger partial charge is 0.246 e. The summed E-state index contributed by atoms with van der Waals surface area (Å²) in [4.78, 5) is 23.8. The van der Waals surface area contributed by atoms with Crippen molar-refractivity contribution in [2.75, 3.05) is 18.9 Å². The highest BCUT2D eigenvalue weighted by Gasteiger charge is 2.19. The molecule has 0 aliphatic carbocycles. The maximum absolute atomic E-state index is 11.9. The lowest BCUT2D eigenvalue weighted by molar-refractivity contribution is -0.116. The molecule has 0 aromatic carbocycles. The standard InChI is InChI=1S/C12H14ClN5OS/c1-17-4-2-8-9(6-17)20-12(15-8)16-10(19)7-18-5-3-14-11(18)13/h3,5H,2,4,6-7H2,1H3,(H,15,16,19). The van der Waals surface area contributed by atoms with Crippen LogP contribution in [0, 0.1) is 0 Å². The second-order valence-electron chi connectivity index (χ2n) is 4.75. The van der Waals surface area contributed by atoms with Crippen LogP contribution in [-0.2, 0) is 24.3 Å². The summed E-state index contributed by atoms with van der Waals surface area (Å²) in [6.07, 6.45) is 4.17. The van der Waals surface area contributed by atoms with Gasteiger partial charge in [-0.1, -0.05) is 0 Å². The first-order chi connectivity index (χ1) is 9.61. The number of halogens is 1. The van der Waals surface area contributed by atoms with E-state index in [1.54, 1.807) is 28.3 Å². The molecule has 1 N–H and O–H groups in total. The number of hydrogen-bond donors (Lipinski definition) is 1. The van der Waals surface area contributed by atoms with Crippen molar-refractivity contribution in [1.82, 2.24) is 19.4 Å². The largest absolute Gasteiger partial charge is 0.312 e. The maximum atomic E-state index is 11.9. The number of fused-ring (bicyclic) bond motifs is 1. The van der Waals surface area contributed by atoms with Gasteiger partial charge in [-0.15, -0.1) is 11.3 Å². The van der Waals surface area contributed by atoms with Gasteiger partial charge in [-0.2, -0.15) is 0 Å². The van der Waals surface area contributed by atoms with Crippen molar-refractivity contribution in [3.8, 4) is 0 Å². The van der Waals surface area contributed by atoms with Crippen molar-refractivity contribution in [1.29, 1.82) is 0 Å². The molecule has 8 heteroatoms. The first-order valence-corrected chi connectivity index (χ1v) is 7.45. The molecule has 1 aliphatic rings. The molecule has 2 aromatic rings. The Morgan fingerprint density at radius 1 is 1.60 bits per heavy atom. The van der Waals surface area contributed by atoms with Crippen LogP contribution in [0.25, 0.3) is 0 Å². The molecule has 0 saturated heterocycles. The van der Waals surface area contributed by atoms with E-state index in [0.29, 0.717) is 10.4 Å². The van der Waals surface area contributed by atoms with Crippen LogP contribution in [0.2, 0.25) is 5.28 Å². The normalized spacial score (nSPS) is 15.1. The fourth-order valence-electron chi connectivity index (χ4n) is 2.12. The molecule has 20 heavy (non-hydrogen) atoms. The van der Waals surface area contributed by atoms with Gasteiger partial charge in [0.05, 0.1) is 5.69 Å². The van der Waals surface area contributed by atoms with Crippen LogP contribution in [-0.4, -0.2) is 38.9 Å². The summed E-state index contributed by atoms with van der Waals surface area (Å²) in [7, 11) is 2.09. The SMILES string of the molecule is CN1CCc2nc(NC(=O)Cn3ccnc3Cl)sc2C1. The molecule has 6 nitrogen and oxygen atoms in total. The number of carbonyl (C=O) groups excluding carboxylic acids is 1. The number of amides is 1. The van der Waals surface area contributed by atoms with E-state index >= 15 is 0 Å². The molecule has 0 radical (unpaired) electrons. The first kappa shape index (κ1) is 13.5. The van der Waals surface area contributed by atoms with Gasteiger partial charge in [-0.05, 0) is 18.6 Å². The summed E-state index contributed by atoms with van der Waals surface area (Å²) in [5.74, 6) is -0.149. The molecule has 1 amide bonds. The van der Waals surface area contributed by atoms with E-state index in [1.807, 2.05) is 0 Å². The Morgan fingerprint density at radius 2 is 2.45 bits per heavy atom. The summed E-state index contributed by atoms with van der Waals surface area (Å²) < 4.78 is 1.58. The average Bonchev–Trinajstić information content (AvgIpc) is 2.95. The number of nitrogens with one attached hydrogen (secondary N) is 1. The molecular formula is C12H14ClN5OS. The predicted octanol–water partition coefficient (Wildman–Crippen LogP) is 1.62. The molecule has 0 unspecified atom stereocenters. The molecule has 0 bridgehead atoms. The molecule has 0 spiro atoms. The van der Waals surface area contributed by atoms with E-state index in [1.165, 1.54) is 4.88 Å². The summed E-state index contributed by atoms with van der Waals surface area (Å²) >= 11 is 7.38. The van der Waals surface area contributed by atoms with Crippen molar-refractivity contribution in [3.63, 3.8) is 0 Å². The molecule has 3 rings (SSSR count). The number of aromatic nitrogens is 3. The molecule has 106 valence electrons. The Hall–Kier alpha value is -1.44. The molecular weight excluding hydrogens is 298 g/mol. The summed E-state index contributed by atoms with van der Waals surface area (Å²) in [5, 5.41) is 3.79. The lowest BCUT2D eigenvalue weighted by atomic mass is 10.2. The third kappa shape index (κ3) is 2.84. The molecule has 0 atom stereocenters. The van der Waals surface area contributed by atoms with Crippen molar-refractivity contribution in [2.24, 2.45) is 0 Å². The number of carbonyl (C=O) groups is 1. The van der Waals surface area contributed by atoms with Crippen LogP contribution in [0.1, 0.15) is 10.6 Å². The van der Waals surface area contributed by atoms with Gasteiger partial charge in [0.15, 0.2) is 5.13 Å². The summed E-state index contributed by atoms with van der Waals surface area (Å²) in [5.41, 5.74) is 1.10. The minimum absolute atomic E-state index is 0.142. The second-order valence-corrected chi connectivity index (χ2v) is 6.17. The molecule has 0 saturated carbocycles. The van der Waals surface area contributed by atoms with Crippen LogP contribution in [0.5, 0.6) is 0 Å². The van der Waals surface area contributed by atoms with Gasteiger partial charge in [0, 0.05) is 36.8 Å². The number of rotatable bonds is 3. The Balaban J connectivity index is 1.66. The fraction of sp³-hybridized carbons (Fsp3) is 0.417. The van der Waals surface area contributed by atoms with E-state index < -0.39 is 0 Å². The number of hydrogen-bond acceptors (Lipinski definition) is 5. The number of thiazole rings is 1. The van der Waals surface area contributed by atoms with Crippen LogP contribution in [0.15, 0.2) is 12.4 Å². The Bertz CT molecular complexity index is 638. The zero-order valence-electron chi connectivity index (χ0n) is 11.0. The van der Waals surface area contributed by atoms with E-state index in [2.05, 4.69) is 27.2 Å². The maximum Gasteiger partial charge on any atom is 0.246 e. The van der Waals surface area contributed by atoms with Crippen LogP contribution >= 0.6 is 22.9 Å². The van der Waals surface area contributed by atoms with Crippen LogP contribution < -0.4 is 5.32 Å². The van der Waals surface area contributed by atoms with Crippen molar-refractivity contribution in [2.45, 2.75) is 19.5 Å². The van der Waals surface area contributed by atoms with Gasteiger partial charge in [0.25, 0.3) is 0 Å². The van der Waals surface area contributed by atoms with Crippen molar-refractivity contribution >= 4 is 34.0 Å². The van der Waals surface area contributed by atoms with Gasteiger partial charge >= 0.3 is 0 Å². The Morgan fingerprint density at radius 3 is 3.20 bits per heavy atom. The van der Waals surface area contributed by atoms with Crippen LogP contribution in [0.4, 0.5) is 5.13 Å². The van der Waals surface area contributed by atoms with E-state index in [9.17, 15) is 4.79 Å². The van der Waals surface area contributed by atoms with E-state index in [4.69, 9.17) is 11.6 Å². The van der Waals surface area contributed by atoms with Crippen molar-refractivity contribution in [3.05, 3.63) is 28.2 Å². The molecule has 0 fully saturated rings. The topological polar surface area (TPSA) is 63.1 Å². The zero-order valence-corrected chi connectivity index (χ0v) is 12.5. The molecule has 3 heterocycles. The average molecular weight is 312 g/mol.